The van der Waals surface area contributed by atoms with E-state index in [1.54, 1.807) is 0 Å². The second-order valence-electron chi connectivity index (χ2n) is 4.55. The molecule has 0 bridgehead atoms. The number of rotatable bonds is 4. The first-order chi connectivity index (χ1) is 8.64. The molecule has 2 heteroatoms. The molecule has 0 saturated carbocycles. The van der Waals surface area contributed by atoms with E-state index in [9.17, 15) is 5.11 Å². The third-order valence-electron chi connectivity index (χ3n) is 3.31. The molecule has 0 fully saturated rings. The van der Waals surface area contributed by atoms with E-state index in [0.29, 0.717) is 12.8 Å². The van der Waals surface area contributed by atoms with E-state index in [0.717, 1.165) is 16.1 Å². The van der Waals surface area contributed by atoms with Crippen molar-refractivity contribution in [3.8, 4) is 0 Å². The van der Waals surface area contributed by atoms with Gasteiger partial charge in [-0.1, -0.05) is 61.0 Å². The topological polar surface area (TPSA) is 20.2 Å². The van der Waals surface area contributed by atoms with Crippen molar-refractivity contribution in [1.29, 1.82) is 0 Å². The van der Waals surface area contributed by atoms with Crippen LogP contribution in [-0.4, -0.2) is 5.11 Å². The lowest BCUT2D eigenvalue weighted by atomic mass is 9.85. The summed E-state index contributed by atoms with van der Waals surface area (Å²) in [5.41, 5.74) is 1.24. The quantitative estimate of drug-likeness (QED) is 0.874. The van der Waals surface area contributed by atoms with Crippen molar-refractivity contribution in [2.45, 2.75) is 25.4 Å². The molecule has 0 saturated heterocycles. The van der Waals surface area contributed by atoms with Gasteiger partial charge in [-0.2, -0.15) is 0 Å². The number of hydrogen-bond donors (Lipinski definition) is 1. The van der Waals surface area contributed by atoms with Gasteiger partial charge in [0.1, 0.15) is 0 Å². The summed E-state index contributed by atoms with van der Waals surface area (Å²) < 4.78 is 0. The van der Waals surface area contributed by atoms with Gasteiger partial charge in [0.15, 0.2) is 0 Å². The normalized spacial score (nSPS) is 14.2. The summed E-state index contributed by atoms with van der Waals surface area (Å²) in [5, 5.41) is 11.5. The molecule has 0 heterocycles. The highest BCUT2D eigenvalue weighted by Crippen LogP contribution is 2.29. The van der Waals surface area contributed by atoms with Gasteiger partial charge in [0.05, 0.1) is 5.60 Å². The van der Waals surface area contributed by atoms with Gasteiger partial charge in [-0.25, -0.2) is 0 Å². The molecule has 1 atom stereocenters. The monoisotopic (exact) mass is 260 g/mol. The van der Waals surface area contributed by atoms with Crippen LogP contribution < -0.4 is 0 Å². The molecule has 2 aromatic rings. The van der Waals surface area contributed by atoms with Crippen LogP contribution in [0.25, 0.3) is 0 Å². The zero-order valence-corrected chi connectivity index (χ0v) is 11.2. The van der Waals surface area contributed by atoms with Gasteiger partial charge in [0.2, 0.25) is 0 Å². The Labute approximate surface area is 113 Å². The van der Waals surface area contributed by atoms with Gasteiger partial charge < -0.3 is 5.11 Å². The summed E-state index contributed by atoms with van der Waals surface area (Å²) in [4.78, 5) is 0. The predicted octanol–water partition coefficient (Wildman–Crippen LogP) is 4.18. The Balaban J connectivity index is 2.26. The van der Waals surface area contributed by atoms with E-state index in [1.807, 2.05) is 61.5 Å². The van der Waals surface area contributed by atoms with E-state index >= 15 is 0 Å². The third kappa shape index (κ3) is 2.92. The van der Waals surface area contributed by atoms with Crippen LogP contribution in [0.4, 0.5) is 0 Å². The van der Waals surface area contributed by atoms with Crippen molar-refractivity contribution in [2.24, 2.45) is 0 Å². The van der Waals surface area contributed by atoms with Crippen molar-refractivity contribution < 1.29 is 5.11 Å². The fourth-order valence-corrected chi connectivity index (χ4v) is 2.25. The molecule has 94 valence electrons. The fraction of sp³-hybridized carbons (Fsp3) is 0.250. The average molecular weight is 261 g/mol. The minimum absolute atomic E-state index is 0.602. The maximum absolute atomic E-state index is 10.8. The van der Waals surface area contributed by atoms with Crippen LogP contribution in [-0.2, 0) is 12.0 Å². The highest BCUT2D eigenvalue weighted by Gasteiger charge is 2.27. The molecule has 0 amide bonds. The van der Waals surface area contributed by atoms with Crippen molar-refractivity contribution >= 4 is 11.6 Å². The number of halogens is 1. The van der Waals surface area contributed by atoms with Gasteiger partial charge in [-0.05, 0) is 29.7 Å². The molecule has 18 heavy (non-hydrogen) atoms. The third-order valence-corrected chi connectivity index (χ3v) is 3.56. The Kier molecular flexibility index (Phi) is 4.05. The van der Waals surface area contributed by atoms with Crippen LogP contribution in [0.1, 0.15) is 24.5 Å². The van der Waals surface area contributed by atoms with Crippen LogP contribution in [0.2, 0.25) is 5.02 Å². The van der Waals surface area contributed by atoms with Crippen molar-refractivity contribution in [3.63, 3.8) is 0 Å². The first-order valence-electron chi connectivity index (χ1n) is 6.16. The summed E-state index contributed by atoms with van der Waals surface area (Å²) in [7, 11) is 0. The van der Waals surface area contributed by atoms with Crippen LogP contribution in [0, 0.1) is 0 Å². The Morgan fingerprint density at radius 2 is 1.61 bits per heavy atom. The second kappa shape index (κ2) is 5.55. The maximum atomic E-state index is 10.8. The predicted molar refractivity (Wildman–Crippen MR) is 75.8 cm³/mol. The van der Waals surface area contributed by atoms with Crippen LogP contribution in [0.5, 0.6) is 0 Å². The lowest BCUT2D eigenvalue weighted by molar-refractivity contribution is 0.0327. The lowest BCUT2D eigenvalue weighted by Gasteiger charge is -2.27. The number of hydrogen-bond acceptors (Lipinski definition) is 1. The fourth-order valence-electron chi connectivity index (χ4n) is 2.12. The zero-order valence-electron chi connectivity index (χ0n) is 10.4. The van der Waals surface area contributed by atoms with E-state index < -0.39 is 5.60 Å². The summed E-state index contributed by atoms with van der Waals surface area (Å²) >= 11 is 5.87. The Morgan fingerprint density at radius 3 is 2.17 bits per heavy atom. The molecule has 0 spiro atoms. The van der Waals surface area contributed by atoms with E-state index in [-0.39, 0.29) is 0 Å². The molecular weight excluding hydrogens is 244 g/mol. The Bertz CT molecular complexity index is 492. The van der Waals surface area contributed by atoms with Crippen LogP contribution in [0.15, 0.2) is 54.6 Å². The molecule has 1 N–H and O–H groups in total. The zero-order chi connectivity index (χ0) is 13.0. The Morgan fingerprint density at radius 1 is 1.00 bits per heavy atom. The Hall–Kier alpha value is -1.31. The molecule has 0 aliphatic heterocycles. The smallest absolute Gasteiger partial charge is 0.0934 e. The summed E-state index contributed by atoms with van der Waals surface area (Å²) in [6.07, 6.45) is 1.28. The molecule has 0 aromatic heterocycles. The van der Waals surface area contributed by atoms with Crippen molar-refractivity contribution in [2.75, 3.05) is 0 Å². The molecule has 0 aliphatic carbocycles. The highest BCUT2D eigenvalue weighted by atomic mass is 35.5. The van der Waals surface area contributed by atoms with E-state index in [2.05, 4.69) is 0 Å². The largest absolute Gasteiger partial charge is 0.385 e. The van der Waals surface area contributed by atoms with Gasteiger partial charge in [-0.15, -0.1) is 0 Å². The number of aliphatic hydroxyl groups is 1. The van der Waals surface area contributed by atoms with E-state index in [1.165, 1.54) is 0 Å². The van der Waals surface area contributed by atoms with Gasteiger partial charge in [0.25, 0.3) is 0 Å². The summed E-state index contributed by atoms with van der Waals surface area (Å²) in [5.74, 6) is 0. The van der Waals surface area contributed by atoms with Crippen LogP contribution >= 0.6 is 11.6 Å². The molecule has 2 rings (SSSR count). The minimum Gasteiger partial charge on any atom is -0.385 e. The first kappa shape index (κ1) is 13.1. The SMILES string of the molecule is CCC(O)(Cc1ccc(Cl)cc1)c1ccccc1. The average Bonchev–Trinajstić information content (AvgIpc) is 2.42. The standard InChI is InChI=1S/C16H17ClO/c1-2-16(18,14-6-4-3-5-7-14)12-13-8-10-15(17)11-9-13/h3-11,18H,2,12H2,1H3. The lowest BCUT2D eigenvalue weighted by Crippen LogP contribution is -2.27. The van der Waals surface area contributed by atoms with Gasteiger partial charge >= 0.3 is 0 Å². The molecule has 0 aliphatic rings. The summed E-state index contributed by atoms with van der Waals surface area (Å²) in [6, 6.07) is 17.5. The second-order valence-corrected chi connectivity index (χ2v) is 4.99. The van der Waals surface area contributed by atoms with E-state index in [4.69, 9.17) is 11.6 Å². The minimum atomic E-state index is -0.810. The highest BCUT2D eigenvalue weighted by molar-refractivity contribution is 6.30. The molecule has 0 radical (unpaired) electrons. The molecular formula is C16H17ClO. The molecule has 2 aromatic carbocycles. The number of benzene rings is 2. The maximum Gasteiger partial charge on any atom is 0.0934 e. The van der Waals surface area contributed by atoms with Crippen molar-refractivity contribution in [1.82, 2.24) is 0 Å². The first-order valence-corrected chi connectivity index (χ1v) is 6.54. The molecule has 1 nitrogen and oxygen atoms in total. The summed E-state index contributed by atoms with van der Waals surface area (Å²) in [6.45, 7) is 2.00. The van der Waals surface area contributed by atoms with Crippen molar-refractivity contribution in [3.05, 3.63) is 70.7 Å². The van der Waals surface area contributed by atoms with Gasteiger partial charge in [-0.3, -0.25) is 0 Å². The molecule has 1 unspecified atom stereocenters. The van der Waals surface area contributed by atoms with Crippen LogP contribution in [0.3, 0.4) is 0 Å². The van der Waals surface area contributed by atoms with Gasteiger partial charge in [0, 0.05) is 11.4 Å².